The number of alkyl halides is 3. The average Bonchev–Trinajstić information content (AvgIpc) is 3.18. The van der Waals surface area contributed by atoms with E-state index in [1.54, 1.807) is 31.5 Å². The maximum absolute atomic E-state index is 13.3. The summed E-state index contributed by atoms with van der Waals surface area (Å²) in [7, 11) is 0. The van der Waals surface area contributed by atoms with Crippen molar-refractivity contribution in [2.45, 2.75) is 72.2 Å². The molecule has 1 unspecified atom stereocenters. The molecule has 2 aliphatic heterocycles. The van der Waals surface area contributed by atoms with Gasteiger partial charge in [-0.15, -0.1) is 0 Å². The summed E-state index contributed by atoms with van der Waals surface area (Å²) in [6.07, 6.45) is 1.48. The van der Waals surface area contributed by atoms with Crippen LogP contribution in [0.25, 0.3) is 0 Å². The molecule has 0 aliphatic carbocycles. The molecule has 0 saturated carbocycles. The lowest BCUT2D eigenvalue weighted by molar-refractivity contribution is -0.0620. The van der Waals surface area contributed by atoms with Gasteiger partial charge in [0.15, 0.2) is 0 Å². The van der Waals surface area contributed by atoms with E-state index < -0.39 is 17.8 Å². The number of ether oxygens (including phenoxy) is 1. The molecule has 1 fully saturated rings. The van der Waals surface area contributed by atoms with Crippen LogP contribution in [0, 0.1) is 12.8 Å². The fourth-order valence-electron chi connectivity index (χ4n) is 4.44. The molecule has 0 radical (unpaired) electrons. The number of hydrogen-bond donors (Lipinski definition) is 0. The Morgan fingerprint density at radius 3 is 2.26 bits per heavy atom. The molecule has 9 heteroatoms. The summed E-state index contributed by atoms with van der Waals surface area (Å²) in [5.74, 6) is 0.930. The van der Waals surface area contributed by atoms with Crippen molar-refractivity contribution < 1.29 is 17.9 Å². The van der Waals surface area contributed by atoms with Crippen LogP contribution in [0.5, 0.6) is 5.75 Å². The Bertz CT molecular complexity index is 956. The molecule has 4 rings (SSSR count). The highest BCUT2D eigenvalue weighted by molar-refractivity contribution is 5.95. The van der Waals surface area contributed by atoms with Crippen LogP contribution in [-0.2, 0) is 0 Å². The molecule has 1 aromatic carbocycles. The molecule has 0 bridgehead atoms. The SMILES string of the molecule is CC.CC[C@H]1C(C)C(C(F)(F)F)=NN1c1ccc(OC2CCN(c3cncc(C)n3)CC2)cc1. The normalized spacial score (nSPS) is 21.1. The summed E-state index contributed by atoms with van der Waals surface area (Å²) < 4.78 is 46.0. The Hall–Kier alpha value is -2.84. The van der Waals surface area contributed by atoms with Gasteiger partial charge in [-0.25, -0.2) is 4.98 Å². The second-order valence-electron chi connectivity index (χ2n) is 8.41. The highest BCUT2D eigenvalue weighted by Crippen LogP contribution is 2.36. The maximum atomic E-state index is 13.3. The third kappa shape index (κ3) is 5.80. The van der Waals surface area contributed by atoms with Gasteiger partial charge in [-0.05, 0) is 37.6 Å². The first-order valence-corrected chi connectivity index (χ1v) is 12.0. The number of benzene rings is 1. The summed E-state index contributed by atoms with van der Waals surface area (Å²) in [6.45, 7) is 11.1. The molecule has 0 spiro atoms. The van der Waals surface area contributed by atoms with Crippen LogP contribution in [0.2, 0.25) is 0 Å². The standard InChI is InChI=1S/C23H28F3N5O.C2H6/c1-4-20-16(3)22(23(24,25)26)29-31(20)17-5-7-18(8-6-17)32-19-9-11-30(12-10-19)21-14-27-13-15(2)28-21;1-2/h5-8,13-14,16,19-20H,4,9-12H2,1-3H3;1-2H3/t16?,20-;/m0./s1. The van der Waals surface area contributed by atoms with E-state index in [4.69, 9.17) is 4.74 Å². The van der Waals surface area contributed by atoms with E-state index in [9.17, 15) is 13.2 Å². The molecule has 3 heterocycles. The molecular formula is C25H34F3N5O. The van der Waals surface area contributed by atoms with Crippen molar-refractivity contribution in [3.63, 3.8) is 0 Å². The second-order valence-corrected chi connectivity index (χ2v) is 8.41. The van der Waals surface area contributed by atoms with E-state index in [1.165, 1.54) is 5.01 Å². The van der Waals surface area contributed by atoms with Crippen molar-refractivity contribution in [3.05, 3.63) is 42.4 Å². The Labute approximate surface area is 199 Å². The van der Waals surface area contributed by atoms with E-state index >= 15 is 0 Å². The number of nitrogens with zero attached hydrogens (tertiary/aromatic N) is 5. The van der Waals surface area contributed by atoms with Gasteiger partial charge in [0.25, 0.3) is 0 Å². The van der Waals surface area contributed by atoms with Gasteiger partial charge >= 0.3 is 6.18 Å². The summed E-state index contributed by atoms with van der Waals surface area (Å²) in [5, 5.41) is 5.42. The smallest absolute Gasteiger partial charge is 0.431 e. The molecule has 34 heavy (non-hydrogen) atoms. The molecule has 2 aliphatic rings. The minimum absolute atomic E-state index is 0.0833. The number of aromatic nitrogens is 2. The van der Waals surface area contributed by atoms with Gasteiger partial charge in [-0.2, -0.15) is 18.3 Å². The second kappa shape index (κ2) is 11.1. The monoisotopic (exact) mass is 477 g/mol. The molecule has 1 saturated heterocycles. The quantitative estimate of drug-likeness (QED) is 0.528. The van der Waals surface area contributed by atoms with E-state index in [1.807, 2.05) is 39.8 Å². The first kappa shape index (κ1) is 25.8. The zero-order valence-corrected chi connectivity index (χ0v) is 20.5. The van der Waals surface area contributed by atoms with Crippen LogP contribution in [0.3, 0.4) is 0 Å². The number of aryl methyl sites for hydroxylation is 1. The largest absolute Gasteiger partial charge is 0.490 e. The molecular weight excluding hydrogens is 443 g/mol. The summed E-state index contributed by atoms with van der Waals surface area (Å²) in [4.78, 5) is 10.9. The van der Waals surface area contributed by atoms with E-state index in [0.29, 0.717) is 17.9 Å². The predicted molar refractivity (Wildman–Crippen MR) is 130 cm³/mol. The van der Waals surface area contributed by atoms with Crippen molar-refractivity contribution in [2.75, 3.05) is 23.0 Å². The van der Waals surface area contributed by atoms with Crippen molar-refractivity contribution in [1.82, 2.24) is 9.97 Å². The summed E-state index contributed by atoms with van der Waals surface area (Å²) in [5.41, 5.74) is 0.822. The van der Waals surface area contributed by atoms with Crippen molar-refractivity contribution in [1.29, 1.82) is 0 Å². The van der Waals surface area contributed by atoms with E-state index in [2.05, 4.69) is 20.0 Å². The number of hydrogen-bond acceptors (Lipinski definition) is 6. The Morgan fingerprint density at radius 2 is 1.71 bits per heavy atom. The fourth-order valence-corrected chi connectivity index (χ4v) is 4.44. The third-order valence-electron chi connectivity index (χ3n) is 6.16. The molecule has 186 valence electrons. The minimum atomic E-state index is -4.41. The molecule has 2 aromatic rings. The first-order chi connectivity index (χ1) is 16.3. The van der Waals surface area contributed by atoms with Crippen LogP contribution in [0.4, 0.5) is 24.7 Å². The number of piperidine rings is 1. The van der Waals surface area contributed by atoms with E-state index in [0.717, 1.165) is 37.4 Å². The summed E-state index contributed by atoms with van der Waals surface area (Å²) in [6, 6.07) is 6.88. The molecule has 2 atom stereocenters. The minimum Gasteiger partial charge on any atom is -0.490 e. The topological polar surface area (TPSA) is 53.9 Å². The Kier molecular flexibility index (Phi) is 8.38. The van der Waals surface area contributed by atoms with Crippen LogP contribution >= 0.6 is 0 Å². The van der Waals surface area contributed by atoms with Gasteiger partial charge < -0.3 is 9.64 Å². The maximum Gasteiger partial charge on any atom is 0.431 e. The fraction of sp³-hybridized carbons (Fsp3) is 0.560. The van der Waals surface area contributed by atoms with Crippen LogP contribution in [0.1, 0.15) is 52.7 Å². The van der Waals surface area contributed by atoms with Crippen LogP contribution in [-0.4, -0.2) is 47.1 Å². The average molecular weight is 478 g/mol. The number of anilines is 2. The first-order valence-electron chi connectivity index (χ1n) is 12.0. The summed E-state index contributed by atoms with van der Waals surface area (Å²) >= 11 is 0. The van der Waals surface area contributed by atoms with Crippen LogP contribution < -0.4 is 14.6 Å². The number of rotatable bonds is 5. The lowest BCUT2D eigenvalue weighted by Gasteiger charge is -2.33. The van der Waals surface area contributed by atoms with Gasteiger partial charge in [0.2, 0.25) is 0 Å². The highest BCUT2D eigenvalue weighted by atomic mass is 19.4. The van der Waals surface area contributed by atoms with Gasteiger partial charge in [0, 0.05) is 38.0 Å². The lowest BCUT2D eigenvalue weighted by Crippen LogP contribution is -2.38. The van der Waals surface area contributed by atoms with Gasteiger partial charge in [0.05, 0.1) is 23.6 Å². The number of hydrazone groups is 1. The molecule has 6 nitrogen and oxygen atoms in total. The molecule has 0 N–H and O–H groups in total. The zero-order chi connectivity index (χ0) is 24.9. The van der Waals surface area contributed by atoms with Crippen LogP contribution in [0.15, 0.2) is 41.8 Å². The van der Waals surface area contributed by atoms with Crippen molar-refractivity contribution in [3.8, 4) is 5.75 Å². The lowest BCUT2D eigenvalue weighted by atomic mass is 9.95. The zero-order valence-electron chi connectivity index (χ0n) is 20.5. The highest BCUT2D eigenvalue weighted by Gasteiger charge is 2.47. The number of halogens is 3. The molecule has 1 aromatic heterocycles. The van der Waals surface area contributed by atoms with Gasteiger partial charge in [0.1, 0.15) is 23.4 Å². The van der Waals surface area contributed by atoms with Crippen molar-refractivity contribution in [2.24, 2.45) is 11.0 Å². The Morgan fingerprint density at radius 1 is 1.06 bits per heavy atom. The van der Waals surface area contributed by atoms with Gasteiger partial charge in [-0.3, -0.25) is 9.99 Å². The van der Waals surface area contributed by atoms with Gasteiger partial charge in [-0.1, -0.05) is 27.7 Å². The Balaban J connectivity index is 0.00000158. The molecule has 0 amide bonds. The van der Waals surface area contributed by atoms with Crippen molar-refractivity contribution >= 4 is 17.2 Å². The predicted octanol–water partition coefficient (Wildman–Crippen LogP) is 6.01. The van der Waals surface area contributed by atoms with E-state index in [-0.39, 0.29) is 12.1 Å². The third-order valence-corrected chi connectivity index (χ3v) is 6.16.